The lowest BCUT2D eigenvalue weighted by Gasteiger charge is -2.32. The standard InChI is InChI=1S/C45H32N4O/c1-4-13-29(14-5-1)43-46-44(30-15-6-2-7-16-30)48-45(47-43)33-18-12-17-31(27-33)32-23-24-37-39(28-32)49(34-19-8-3-9-20-34)38-26-25-36-35-21-10-11-22-40(35)50-42(36)41(37)38/h1-28,43-44,46H,(H,47,48). The molecule has 1 aliphatic rings. The summed E-state index contributed by atoms with van der Waals surface area (Å²) in [4.78, 5) is 5.19. The molecule has 5 heteroatoms. The summed E-state index contributed by atoms with van der Waals surface area (Å²) in [7, 11) is 0. The van der Waals surface area contributed by atoms with Crippen LogP contribution in [0.5, 0.6) is 0 Å². The highest BCUT2D eigenvalue weighted by atomic mass is 16.3. The highest BCUT2D eigenvalue weighted by molar-refractivity contribution is 6.24. The third-order valence-corrected chi connectivity index (χ3v) is 9.87. The smallest absolute Gasteiger partial charge is 0.145 e. The van der Waals surface area contributed by atoms with E-state index in [0.29, 0.717) is 0 Å². The van der Waals surface area contributed by atoms with Crippen LogP contribution in [-0.4, -0.2) is 10.4 Å². The van der Waals surface area contributed by atoms with Crippen LogP contribution < -0.4 is 10.6 Å². The summed E-state index contributed by atoms with van der Waals surface area (Å²) >= 11 is 0. The summed E-state index contributed by atoms with van der Waals surface area (Å²) in [6.45, 7) is 0. The number of rotatable bonds is 5. The zero-order chi connectivity index (χ0) is 33.0. The largest absolute Gasteiger partial charge is 0.455 e. The Hall–Kier alpha value is -6.43. The monoisotopic (exact) mass is 644 g/mol. The highest BCUT2D eigenvalue weighted by Crippen LogP contribution is 2.41. The second-order valence-corrected chi connectivity index (χ2v) is 12.9. The lowest BCUT2D eigenvalue weighted by atomic mass is 10.00. The molecule has 0 bridgehead atoms. The summed E-state index contributed by atoms with van der Waals surface area (Å²) in [5.41, 5.74) is 10.8. The Morgan fingerprint density at radius 2 is 1.20 bits per heavy atom. The number of nitrogens with zero attached hydrogens (tertiary/aromatic N) is 2. The van der Waals surface area contributed by atoms with Crippen LogP contribution >= 0.6 is 0 Å². The zero-order valence-corrected chi connectivity index (χ0v) is 27.1. The number of fused-ring (bicyclic) bond motifs is 7. The van der Waals surface area contributed by atoms with Crippen LogP contribution in [0.3, 0.4) is 0 Å². The van der Waals surface area contributed by atoms with E-state index in [9.17, 15) is 0 Å². The fourth-order valence-corrected chi connectivity index (χ4v) is 7.49. The van der Waals surface area contributed by atoms with Crippen molar-refractivity contribution in [2.75, 3.05) is 0 Å². The van der Waals surface area contributed by atoms with Crippen molar-refractivity contribution in [2.24, 2.45) is 4.99 Å². The number of hydrogen-bond donors (Lipinski definition) is 2. The Balaban J connectivity index is 1.12. The van der Waals surface area contributed by atoms with Gasteiger partial charge in [-0.1, -0.05) is 127 Å². The van der Waals surface area contributed by atoms with Crippen molar-refractivity contribution in [3.05, 3.63) is 187 Å². The van der Waals surface area contributed by atoms with Crippen molar-refractivity contribution < 1.29 is 4.42 Å². The van der Waals surface area contributed by atoms with Gasteiger partial charge in [0.2, 0.25) is 0 Å². The predicted octanol–water partition coefficient (Wildman–Crippen LogP) is 10.7. The van der Waals surface area contributed by atoms with Gasteiger partial charge < -0.3 is 14.3 Å². The fraction of sp³-hybridized carbons (Fsp3) is 0.0444. The van der Waals surface area contributed by atoms with Gasteiger partial charge in [-0.25, -0.2) is 4.99 Å². The molecule has 5 nitrogen and oxygen atoms in total. The van der Waals surface area contributed by atoms with E-state index in [2.05, 4.69) is 161 Å². The summed E-state index contributed by atoms with van der Waals surface area (Å²) in [6.07, 6.45) is -0.278. The first kappa shape index (κ1) is 28.6. The van der Waals surface area contributed by atoms with E-state index in [-0.39, 0.29) is 12.3 Å². The molecule has 9 aromatic rings. The first-order chi connectivity index (χ1) is 24.8. The molecule has 2 aromatic heterocycles. The summed E-state index contributed by atoms with van der Waals surface area (Å²) in [6, 6.07) is 59.7. The predicted molar refractivity (Wildman–Crippen MR) is 205 cm³/mol. The van der Waals surface area contributed by atoms with E-state index in [1.165, 1.54) is 0 Å². The van der Waals surface area contributed by atoms with Crippen LogP contribution in [0, 0.1) is 0 Å². The minimum atomic E-state index is -0.186. The van der Waals surface area contributed by atoms with Crippen LogP contribution in [0.4, 0.5) is 0 Å². The van der Waals surface area contributed by atoms with Gasteiger partial charge in [-0.15, -0.1) is 0 Å². The Bertz CT molecular complexity index is 2710. The van der Waals surface area contributed by atoms with E-state index in [0.717, 1.165) is 83.1 Å². The molecule has 0 spiro atoms. The van der Waals surface area contributed by atoms with Crippen molar-refractivity contribution >= 4 is 49.6 Å². The number of aliphatic imine (C=N–C) groups is 1. The van der Waals surface area contributed by atoms with E-state index in [1.54, 1.807) is 0 Å². The maximum atomic E-state index is 6.56. The molecule has 10 rings (SSSR count). The average Bonchev–Trinajstić information content (AvgIpc) is 3.74. The van der Waals surface area contributed by atoms with Gasteiger partial charge in [0.05, 0.1) is 16.4 Å². The Labute approximate surface area is 289 Å². The summed E-state index contributed by atoms with van der Waals surface area (Å²) in [5.74, 6) is 0.861. The Morgan fingerprint density at radius 3 is 2.02 bits per heavy atom. The molecule has 2 unspecified atom stereocenters. The Morgan fingerprint density at radius 1 is 0.520 bits per heavy atom. The van der Waals surface area contributed by atoms with Gasteiger partial charge in [-0.3, -0.25) is 5.32 Å². The molecule has 0 saturated carbocycles. The summed E-state index contributed by atoms with van der Waals surface area (Å²) in [5, 5.41) is 12.0. The van der Waals surface area contributed by atoms with Crippen molar-refractivity contribution in [1.29, 1.82) is 0 Å². The molecule has 238 valence electrons. The number of para-hydroxylation sites is 2. The third kappa shape index (κ3) is 4.71. The zero-order valence-electron chi connectivity index (χ0n) is 27.1. The first-order valence-corrected chi connectivity index (χ1v) is 17.0. The SMILES string of the molecule is c1ccc(C2N=C(c3cccc(-c4ccc5c6c7oc8ccccc8c7ccc6n(-c6ccccc6)c5c4)c3)NC(c3ccccc3)N2)cc1. The van der Waals surface area contributed by atoms with Crippen LogP contribution in [0.25, 0.3) is 60.6 Å². The molecule has 0 amide bonds. The van der Waals surface area contributed by atoms with Gasteiger partial charge in [-0.05, 0) is 64.7 Å². The molecule has 7 aromatic carbocycles. The second-order valence-electron chi connectivity index (χ2n) is 12.9. The molecule has 3 heterocycles. The molecule has 0 fully saturated rings. The number of furan rings is 1. The van der Waals surface area contributed by atoms with E-state index >= 15 is 0 Å². The van der Waals surface area contributed by atoms with E-state index in [1.807, 2.05) is 24.3 Å². The lowest BCUT2D eigenvalue weighted by molar-refractivity contribution is 0.409. The maximum absolute atomic E-state index is 6.56. The van der Waals surface area contributed by atoms with Gasteiger partial charge in [0.15, 0.2) is 0 Å². The quantitative estimate of drug-likeness (QED) is 0.196. The third-order valence-electron chi connectivity index (χ3n) is 9.87. The Kier molecular flexibility index (Phi) is 6.64. The van der Waals surface area contributed by atoms with Crippen molar-refractivity contribution in [3.63, 3.8) is 0 Å². The van der Waals surface area contributed by atoms with Crippen molar-refractivity contribution in [3.8, 4) is 16.8 Å². The van der Waals surface area contributed by atoms with Gasteiger partial charge in [0, 0.05) is 27.4 Å². The van der Waals surface area contributed by atoms with Crippen molar-refractivity contribution in [2.45, 2.75) is 12.3 Å². The number of benzene rings is 7. The molecule has 1 aliphatic heterocycles. The molecule has 50 heavy (non-hydrogen) atoms. The van der Waals surface area contributed by atoms with E-state index < -0.39 is 0 Å². The minimum absolute atomic E-state index is 0.0921. The molecule has 0 saturated heterocycles. The highest BCUT2D eigenvalue weighted by Gasteiger charge is 2.25. The van der Waals surface area contributed by atoms with Crippen LogP contribution in [0.2, 0.25) is 0 Å². The lowest BCUT2D eigenvalue weighted by Crippen LogP contribution is -2.44. The number of amidine groups is 1. The second kappa shape index (κ2) is 11.6. The van der Waals surface area contributed by atoms with Crippen LogP contribution in [-0.2, 0) is 0 Å². The molecular weight excluding hydrogens is 613 g/mol. The molecule has 0 radical (unpaired) electrons. The van der Waals surface area contributed by atoms with Crippen LogP contribution in [0.15, 0.2) is 179 Å². The maximum Gasteiger partial charge on any atom is 0.145 e. The fourth-order valence-electron chi connectivity index (χ4n) is 7.49. The minimum Gasteiger partial charge on any atom is -0.455 e. The van der Waals surface area contributed by atoms with Crippen molar-refractivity contribution in [1.82, 2.24) is 15.2 Å². The first-order valence-electron chi connectivity index (χ1n) is 17.0. The van der Waals surface area contributed by atoms with Gasteiger partial charge in [0.25, 0.3) is 0 Å². The molecular formula is C45H32N4O. The molecule has 2 N–H and O–H groups in total. The number of aromatic nitrogens is 1. The summed E-state index contributed by atoms with van der Waals surface area (Å²) < 4.78 is 8.92. The number of nitrogens with one attached hydrogen (secondary N) is 2. The van der Waals surface area contributed by atoms with Gasteiger partial charge in [-0.2, -0.15) is 0 Å². The van der Waals surface area contributed by atoms with Gasteiger partial charge in [0.1, 0.15) is 29.3 Å². The molecule has 2 atom stereocenters. The van der Waals surface area contributed by atoms with Crippen LogP contribution in [0.1, 0.15) is 29.0 Å². The molecule has 0 aliphatic carbocycles. The van der Waals surface area contributed by atoms with E-state index in [4.69, 9.17) is 9.41 Å². The average molecular weight is 645 g/mol. The number of hydrogen-bond acceptors (Lipinski definition) is 4. The normalized spacial score (nSPS) is 16.2. The topological polar surface area (TPSA) is 54.5 Å². The van der Waals surface area contributed by atoms with Gasteiger partial charge >= 0.3 is 0 Å².